The van der Waals surface area contributed by atoms with Crippen molar-refractivity contribution in [3.05, 3.63) is 65.0 Å². The maximum Gasteiger partial charge on any atom is 0.414 e. The summed E-state index contributed by atoms with van der Waals surface area (Å²) in [6.45, 7) is 1.65. The zero-order valence-corrected chi connectivity index (χ0v) is 14.9. The summed E-state index contributed by atoms with van der Waals surface area (Å²) in [7, 11) is 0. The number of carbonyl (C=O) groups excluding carboxylic acids is 3. The minimum absolute atomic E-state index is 0.0591. The fourth-order valence-electron chi connectivity index (χ4n) is 3.34. The quantitative estimate of drug-likeness (QED) is 0.609. The summed E-state index contributed by atoms with van der Waals surface area (Å²) in [5.74, 6) is 3.90. The number of nitrogens with zero attached hydrogens (tertiary/aromatic N) is 2. The molecule has 0 aliphatic carbocycles. The van der Waals surface area contributed by atoms with E-state index in [1.54, 1.807) is 37.3 Å². The van der Waals surface area contributed by atoms with Crippen LogP contribution in [0.25, 0.3) is 0 Å². The molecule has 3 amide bonds. The molecule has 0 bridgehead atoms. The topological polar surface area (TPSA) is 66.9 Å². The Balaban J connectivity index is 1.50. The van der Waals surface area contributed by atoms with Crippen molar-refractivity contribution in [2.24, 2.45) is 0 Å². The Morgan fingerprint density at radius 3 is 2.39 bits per heavy atom. The van der Waals surface area contributed by atoms with E-state index in [0.717, 1.165) is 4.90 Å². The maximum absolute atomic E-state index is 14.1. The van der Waals surface area contributed by atoms with Crippen LogP contribution in [0.1, 0.15) is 33.2 Å². The van der Waals surface area contributed by atoms with E-state index in [1.165, 1.54) is 17.0 Å². The van der Waals surface area contributed by atoms with Gasteiger partial charge in [0.1, 0.15) is 11.9 Å². The Labute approximate surface area is 160 Å². The minimum Gasteiger partial charge on any atom is -0.442 e. The summed E-state index contributed by atoms with van der Waals surface area (Å²) < 4.78 is 19.4. The van der Waals surface area contributed by atoms with Gasteiger partial charge in [0.15, 0.2) is 0 Å². The van der Waals surface area contributed by atoms with E-state index in [0.29, 0.717) is 16.8 Å². The molecule has 2 aromatic carbocycles. The number of imide groups is 1. The second-order valence-electron chi connectivity index (χ2n) is 6.42. The van der Waals surface area contributed by atoms with Crippen LogP contribution in [0.3, 0.4) is 0 Å². The molecule has 2 aliphatic heterocycles. The predicted molar refractivity (Wildman–Crippen MR) is 98.4 cm³/mol. The van der Waals surface area contributed by atoms with E-state index in [1.807, 2.05) is 0 Å². The molecule has 0 saturated carbocycles. The van der Waals surface area contributed by atoms with Gasteiger partial charge in [-0.2, -0.15) is 0 Å². The molecule has 1 atom stereocenters. The molecule has 1 saturated heterocycles. The molecule has 2 aliphatic rings. The molecule has 0 unspecified atom stereocenters. The first-order valence-electron chi connectivity index (χ1n) is 8.65. The normalized spacial score (nSPS) is 18.1. The third-order valence-corrected chi connectivity index (χ3v) is 4.66. The van der Waals surface area contributed by atoms with Gasteiger partial charge in [0.05, 0.1) is 35.5 Å². The summed E-state index contributed by atoms with van der Waals surface area (Å²) in [5.41, 5.74) is 1.24. The van der Waals surface area contributed by atoms with Crippen LogP contribution in [0, 0.1) is 17.7 Å². The lowest BCUT2D eigenvalue weighted by molar-refractivity contribution is 0.0558. The van der Waals surface area contributed by atoms with Gasteiger partial charge >= 0.3 is 6.09 Å². The number of halogens is 1. The average Bonchev–Trinajstić information content (AvgIpc) is 3.17. The number of fused-ring (bicyclic) bond motifs is 1. The van der Waals surface area contributed by atoms with E-state index in [-0.39, 0.29) is 18.7 Å². The fraction of sp³-hybridized carbons (Fsp3) is 0.190. The van der Waals surface area contributed by atoms with Gasteiger partial charge in [-0.1, -0.05) is 18.1 Å². The van der Waals surface area contributed by atoms with Crippen LogP contribution in [0.5, 0.6) is 0 Å². The van der Waals surface area contributed by atoms with Gasteiger partial charge < -0.3 is 4.74 Å². The maximum atomic E-state index is 14.1. The number of cyclic esters (lactones) is 1. The Morgan fingerprint density at radius 1 is 1.11 bits per heavy atom. The van der Waals surface area contributed by atoms with Gasteiger partial charge in [-0.25, -0.2) is 9.18 Å². The fourth-order valence-corrected chi connectivity index (χ4v) is 3.34. The summed E-state index contributed by atoms with van der Waals surface area (Å²) in [5, 5.41) is 0. The lowest BCUT2D eigenvalue weighted by Gasteiger charge is -2.17. The summed E-state index contributed by atoms with van der Waals surface area (Å²) in [6, 6.07) is 10.8. The first-order valence-corrected chi connectivity index (χ1v) is 8.65. The molecular formula is C21H15FN2O4. The SMILES string of the molecule is CC#Cc1ccc(N2C[C@H](CN3C(=O)c4ccccc4C3=O)OC2=O)cc1F. The number of hydrogen-bond donors (Lipinski definition) is 0. The van der Waals surface area contributed by atoms with Crippen LogP contribution in [0.2, 0.25) is 0 Å². The molecular weight excluding hydrogens is 363 g/mol. The third kappa shape index (κ3) is 2.89. The van der Waals surface area contributed by atoms with Crippen LogP contribution >= 0.6 is 0 Å². The first kappa shape index (κ1) is 17.7. The van der Waals surface area contributed by atoms with Crippen molar-refractivity contribution < 1.29 is 23.5 Å². The molecule has 1 fully saturated rings. The van der Waals surface area contributed by atoms with Crippen LogP contribution < -0.4 is 4.90 Å². The van der Waals surface area contributed by atoms with Crippen molar-refractivity contribution in [3.63, 3.8) is 0 Å². The number of rotatable bonds is 3. The second kappa shape index (κ2) is 6.82. The van der Waals surface area contributed by atoms with Crippen LogP contribution in [0.15, 0.2) is 42.5 Å². The molecule has 0 radical (unpaired) electrons. The van der Waals surface area contributed by atoms with Crippen molar-refractivity contribution >= 4 is 23.6 Å². The van der Waals surface area contributed by atoms with Crippen molar-refractivity contribution in [3.8, 4) is 11.8 Å². The molecule has 28 heavy (non-hydrogen) atoms. The van der Waals surface area contributed by atoms with Gasteiger partial charge in [0.2, 0.25) is 0 Å². The molecule has 2 heterocycles. The highest BCUT2D eigenvalue weighted by Crippen LogP contribution is 2.27. The monoisotopic (exact) mass is 378 g/mol. The number of anilines is 1. The average molecular weight is 378 g/mol. The third-order valence-electron chi connectivity index (χ3n) is 4.66. The zero-order valence-electron chi connectivity index (χ0n) is 14.9. The molecule has 7 heteroatoms. The lowest BCUT2D eigenvalue weighted by atomic mass is 10.1. The molecule has 0 aromatic heterocycles. The van der Waals surface area contributed by atoms with Crippen LogP contribution in [-0.2, 0) is 4.74 Å². The Bertz CT molecular complexity index is 1030. The molecule has 2 aromatic rings. The molecule has 6 nitrogen and oxygen atoms in total. The molecule has 0 spiro atoms. The largest absolute Gasteiger partial charge is 0.442 e. The summed E-state index contributed by atoms with van der Waals surface area (Å²) in [4.78, 5) is 39.5. The summed E-state index contributed by atoms with van der Waals surface area (Å²) in [6.07, 6.45) is -1.36. The number of hydrogen-bond acceptors (Lipinski definition) is 4. The minimum atomic E-state index is -0.701. The smallest absolute Gasteiger partial charge is 0.414 e. The van der Waals surface area contributed by atoms with Gasteiger partial charge in [-0.3, -0.25) is 19.4 Å². The highest BCUT2D eigenvalue weighted by Gasteiger charge is 2.40. The highest BCUT2D eigenvalue weighted by atomic mass is 19.1. The van der Waals surface area contributed by atoms with Crippen LogP contribution in [-0.4, -0.2) is 42.0 Å². The van der Waals surface area contributed by atoms with Crippen molar-refractivity contribution in [1.82, 2.24) is 4.90 Å². The standard InChI is InChI=1S/C21H15FN2O4/c1-2-5-13-8-9-14(10-18(13)22)23-11-15(28-21(23)27)12-24-19(25)16-6-3-4-7-17(16)20(24)26/h3-4,6-10,15H,11-12H2,1H3/t15-/m1/s1. The Kier molecular flexibility index (Phi) is 4.32. The highest BCUT2D eigenvalue weighted by molar-refractivity contribution is 6.21. The summed E-state index contributed by atoms with van der Waals surface area (Å²) >= 11 is 0. The number of amides is 3. The Morgan fingerprint density at radius 2 is 1.79 bits per heavy atom. The van der Waals surface area contributed by atoms with Gasteiger partial charge in [0, 0.05) is 0 Å². The van der Waals surface area contributed by atoms with E-state index in [4.69, 9.17) is 4.74 Å². The molecule has 140 valence electrons. The van der Waals surface area contributed by atoms with Crippen molar-refractivity contribution in [2.45, 2.75) is 13.0 Å². The number of benzene rings is 2. The van der Waals surface area contributed by atoms with Gasteiger partial charge in [0.25, 0.3) is 11.8 Å². The van der Waals surface area contributed by atoms with Crippen molar-refractivity contribution in [1.29, 1.82) is 0 Å². The van der Waals surface area contributed by atoms with Crippen LogP contribution in [0.4, 0.5) is 14.9 Å². The zero-order chi connectivity index (χ0) is 19.8. The predicted octanol–water partition coefficient (Wildman–Crippen LogP) is 2.82. The van der Waals surface area contributed by atoms with Crippen molar-refractivity contribution in [2.75, 3.05) is 18.0 Å². The van der Waals surface area contributed by atoms with Gasteiger partial charge in [-0.05, 0) is 37.3 Å². The van der Waals surface area contributed by atoms with E-state index < -0.39 is 29.8 Å². The van der Waals surface area contributed by atoms with E-state index in [9.17, 15) is 18.8 Å². The Hall–Kier alpha value is -3.66. The second-order valence-corrected chi connectivity index (χ2v) is 6.42. The van der Waals surface area contributed by atoms with E-state index in [2.05, 4.69) is 11.8 Å². The molecule has 4 rings (SSSR count). The van der Waals surface area contributed by atoms with Gasteiger partial charge in [-0.15, -0.1) is 5.92 Å². The number of ether oxygens (including phenoxy) is 1. The lowest BCUT2D eigenvalue weighted by Crippen LogP contribution is -2.38. The number of carbonyl (C=O) groups is 3. The molecule has 0 N–H and O–H groups in total. The van der Waals surface area contributed by atoms with E-state index >= 15 is 0 Å². The first-order chi connectivity index (χ1) is 13.5.